The maximum Gasteiger partial charge on any atom is 0.324 e. The maximum absolute atomic E-state index is 10.8. The molecule has 66 valence electrons. The molecular formula is C9H13NO2. The number of nitriles is 1. The molecule has 1 aliphatic carbocycles. The van der Waals surface area contributed by atoms with E-state index in [0.29, 0.717) is 12.8 Å². The molecule has 1 aliphatic rings. The highest BCUT2D eigenvalue weighted by atomic mass is 16.4. The van der Waals surface area contributed by atoms with Gasteiger partial charge in [0.05, 0.1) is 6.07 Å². The van der Waals surface area contributed by atoms with Crippen LogP contribution in [0.4, 0.5) is 0 Å². The van der Waals surface area contributed by atoms with Crippen LogP contribution in [0.2, 0.25) is 0 Å². The SMILES string of the molecule is CC1(C)CCC(C#N)(C(=O)O)C1. The van der Waals surface area contributed by atoms with E-state index in [4.69, 9.17) is 10.4 Å². The summed E-state index contributed by atoms with van der Waals surface area (Å²) in [6.45, 7) is 4.02. The van der Waals surface area contributed by atoms with Crippen LogP contribution in [0.15, 0.2) is 0 Å². The molecule has 0 saturated heterocycles. The lowest BCUT2D eigenvalue weighted by Crippen LogP contribution is -2.27. The Labute approximate surface area is 72.0 Å². The highest BCUT2D eigenvalue weighted by Crippen LogP contribution is 2.48. The number of rotatable bonds is 1. The summed E-state index contributed by atoms with van der Waals surface area (Å²) < 4.78 is 0. The molecular weight excluding hydrogens is 154 g/mol. The Bertz CT molecular complexity index is 252. The zero-order valence-electron chi connectivity index (χ0n) is 7.42. The third kappa shape index (κ3) is 1.29. The number of nitrogens with zero attached hydrogens (tertiary/aromatic N) is 1. The molecule has 3 heteroatoms. The number of carboxylic acids is 1. The molecule has 1 rings (SSSR count). The van der Waals surface area contributed by atoms with Gasteiger partial charge in [-0.25, -0.2) is 0 Å². The molecule has 0 aromatic heterocycles. The van der Waals surface area contributed by atoms with Crippen LogP contribution in [0.25, 0.3) is 0 Å². The third-order valence-corrected chi connectivity index (χ3v) is 2.63. The summed E-state index contributed by atoms with van der Waals surface area (Å²) >= 11 is 0. The Morgan fingerprint density at radius 2 is 2.08 bits per heavy atom. The lowest BCUT2D eigenvalue weighted by molar-refractivity contribution is -0.145. The molecule has 0 aromatic rings. The lowest BCUT2D eigenvalue weighted by Gasteiger charge is -2.19. The van der Waals surface area contributed by atoms with Gasteiger partial charge >= 0.3 is 5.97 Å². The molecule has 12 heavy (non-hydrogen) atoms. The van der Waals surface area contributed by atoms with Gasteiger partial charge < -0.3 is 5.11 Å². The molecule has 1 atom stereocenters. The van der Waals surface area contributed by atoms with Crippen molar-refractivity contribution in [1.82, 2.24) is 0 Å². The van der Waals surface area contributed by atoms with Crippen molar-refractivity contribution in [3.05, 3.63) is 0 Å². The largest absolute Gasteiger partial charge is 0.480 e. The summed E-state index contributed by atoms with van der Waals surface area (Å²) in [4.78, 5) is 10.8. The fourth-order valence-electron chi connectivity index (χ4n) is 1.87. The van der Waals surface area contributed by atoms with Crippen LogP contribution < -0.4 is 0 Å². The summed E-state index contributed by atoms with van der Waals surface area (Å²) in [5, 5.41) is 17.7. The van der Waals surface area contributed by atoms with Gasteiger partial charge in [-0.05, 0) is 24.7 Å². The molecule has 1 unspecified atom stereocenters. The first-order valence-electron chi connectivity index (χ1n) is 4.07. The molecule has 0 radical (unpaired) electrons. The van der Waals surface area contributed by atoms with Crippen LogP contribution in [0.3, 0.4) is 0 Å². The van der Waals surface area contributed by atoms with Gasteiger partial charge in [0, 0.05) is 0 Å². The molecule has 0 spiro atoms. The van der Waals surface area contributed by atoms with Gasteiger partial charge in [-0.3, -0.25) is 4.79 Å². The first-order valence-corrected chi connectivity index (χ1v) is 4.07. The van der Waals surface area contributed by atoms with E-state index in [1.54, 1.807) is 0 Å². The molecule has 0 heterocycles. The summed E-state index contributed by atoms with van der Waals surface area (Å²) in [6.07, 6.45) is 1.80. The predicted molar refractivity (Wildman–Crippen MR) is 43.3 cm³/mol. The van der Waals surface area contributed by atoms with Crippen LogP contribution in [0.1, 0.15) is 33.1 Å². The quantitative estimate of drug-likeness (QED) is 0.647. The summed E-state index contributed by atoms with van der Waals surface area (Å²) in [6, 6.07) is 1.93. The van der Waals surface area contributed by atoms with E-state index in [1.807, 2.05) is 19.9 Å². The maximum atomic E-state index is 10.8. The van der Waals surface area contributed by atoms with Crippen molar-refractivity contribution in [2.24, 2.45) is 10.8 Å². The average molecular weight is 167 g/mol. The molecule has 0 bridgehead atoms. The Hall–Kier alpha value is -1.04. The first kappa shape index (κ1) is 9.05. The third-order valence-electron chi connectivity index (χ3n) is 2.63. The summed E-state index contributed by atoms with van der Waals surface area (Å²) in [5.41, 5.74) is -1.10. The minimum absolute atomic E-state index is 0.00806. The number of aliphatic carboxylic acids is 1. The van der Waals surface area contributed by atoms with Gasteiger partial charge in [-0.15, -0.1) is 0 Å². The van der Waals surface area contributed by atoms with Crippen molar-refractivity contribution >= 4 is 5.97 Å². The van der Waals surface area contributed by atoms with E-state index in [9.17, 15) is 4.79 Å². The van der Waals surface area contributed by atoms with E-state index >= 15 is 0 Å². The fourth-order valence-corrected chi connectivity index (χ4v) is 1.87. The van der Waals surface area contributed by atoms with Crippen molar-refractivity contribution in [3.63, 3.8) is 0 Å². The number of hydrogen-bond donors (Lipinski definition) is 1. The second-order valence-electron chi connectivity index (χ2n) is 4.34. The molecule has 1 N–H and O–H groups in total. The zero-order chi connectivity index (χ0) is 9.41. The van der Waals surface area contributed by atoms with Crippen molar-refractivity contribution in [1.29, 1.82) is 5.26 Å². The van der Waals surface area contributed by atoms with Crippen LogP contribution >= 0.6 is 0 Å². The van der Waals surface area contributed by atoms with Gasteiger partial charge in [-0.2, -0.15) is 5.26 Å². The van der Waals surface area contributed by atoms with Crippen molar-refractivity contribution in [2.75, 3.05) is 0 Å². The van der Waals surface area contributed by atoms with Crippen LogP contribution in [-0.2, 0) is 4.79 Å². The van der Waals surface area contributed by atoms with Crippen LogP contribution in [0, 0.1) is 22.2 Å². The van der Waals surface area contributed by atoms with Crippen molar-refractivity contribution in [2.45, 2.75) is 33.1 Å². The minimum atomic E-state index is -1.11. The summed E-state index contributed by atoms with van der Waals surface area (Å²) in [7, 11) is 0. The first-order chi connectivity index (χ1) is 5.42. The Morgan fingerprint density at radius 3 is 2.25 bits per heavy atom. The van der Waals surface area contributed by atoms with E-state index in [0.717, 1.165) is 6.42 Å². The van der Waals surface area contributed by atoms with Gasteiger partial charge in [0.15, 0.2) is 5.41 Å². The number of hydrogen-bond acceptors (Lipinski definition) is 2. The highest BCUT2D eigenvalue weighted by molar-refractivity contribution is 5.78. The van der Waals surface area contributed by atoms with Gasteiger partial charge in [-0.1, -0.05) is 13.8 Å². The van der Waals surface area contributed by atoms with Crippen molar-refractivity contribution in [3.8, 4) is 6.07 Å². The number of carbonyl (C=O) groups is 1. The zero-order valence-corrected chi connectivity index (χ0v) is 7.42. The molecule has 0 amide bonds. The van der Waals surface area contributed by atoms with Gasteiger partial charge in [0.1, 0.15) is 0 Å². The smallest absolute Gasteiger partial charge is 0.324 e. The standard InChI is InChI=1S/C9H13NO2/c1-8(2)3-4-9(5-8,6-10)7(11)12/h3-5H2,1-2H3,(H,11,12). The monoisotopic (exact) mass is 167 g/mol. The Kier molecular flexibility index (Phi) is 1.87. The van der Waals surface area contributed by atoms with Crippen LogP contribution in [-0.4, -0.2) is 11.1 Å². The Morgan fingerprint density at radius 1 is 1.50 bits per heavy atom. The van der Waals surface area contributed by atoms with Gasteiger partial charge in [0.25, 0.3) is 0 Å². The molecule has 3 nitrogen and oxygen atoms in total. The van der Waals surface area contributed by atoms with E-state index < -0.39 is 11.4 Å². The normalized spacial score (nSPS) is 32.8. The second-order valence-corrected chi connectivity index (χ2v) is 4.34. The lowest BCUT2D eigenvalue weighted by atomic mass is 9.83. The molecule has 1 saturated carbocycles. The molecule has 1 fully saturated rings. The topological polar surface area (TPSA) is 61.1 Å². The fraction of sp³-hybridized carbons (Fsp3) is 0.778. The number of carboxylic acid groups (broad SMARTS) is 1. The highest BCUT2D eigenvalue weighted by Gasteiger charge is 2.49. The van der Waals surface area contributed by atoms with Crippen LogP contribution in [0.5, 0.6) is 0 Å². The predicted octanol–water partition coefficient (Wildman–Crippen LogP) is 1.79. The molecule has 0 aliphatic heterocycles. The minimum Gasteiger partial charge on any atom is -0.480 e. The summed E-state index contributed by atoms with van der Waals surface area (Å²) in [5.74, 6) is -0.962. The van der Waals surface area contributed by atoms with E-state index in [-0.39, 0.29) is 5.41 Å². The van der Waals surface area contributed by atoms with Gasteiger partial charge in [0.2, 0.25) is 0 Å². The van der Waals surface area contributed by atoms with Crippen molar-refractivity contribution < 1.29 is 9.90 Å². The molecule has 0 aromatic carbocycles. The second kappa shape index (κ2) is 2.48. The average Bonchev–Trinajstić information content (AvgIpc) is 2.27. The van der Waals surface area contributed by atoms with E-state index in [1.165, 1.54) is 0 Å². The van der Waals surface area contributed by atoms with E-state index in [2.05, 4.69) is 0 Å². The Balaban J connectivity index is 2.89.